The quantitative estimate of drug-likeness (QED) is 0.351. The van der Waals surface area contributed by atoms with Crippen LogP contribution in [0.1, 0.15) is 66.2 Å². The molecule has 5 nitrogen and oxygen atoms in total. The van der Waals surface area contributed by atoms with E-state index in [-0.39, 0.29) is 46.8 Å². The summed E-state index contributed by atoms with van der Waals surface area (Å²) in [7, 11) is 0. The summed E-state index contributed by atoms with van der Waals surface area (Å²) in [6.45, 7) is 8.71. The molecule has 0 aromatic heterocycles. The number of carboxylic acid groups (broad SMARTS) is 1. The number of fused-ring (bicyclic) bond motifs is 2. The lowest BCUT2D eigenvalue weighted by atomic mass is 9.34. The summed E-state index contributed by atoms with van der Waals surface area (Å²) in [5.41, 5.74) is 0.744. The van der Waals surface area contributed by atoms with Gasteiger partial charge >= 0.3 is 5.97 Å². The highest BCUT2D eigenvalue weighted by Crippen LogP contribution is 2.74. The van der Waals surface area contributed by atoms with Gasteiger partial charge < -0.3 is 5.11 Å². The molecule has 39 heavy (non-hydrogen) atoms. The normalized spacial score (nSPS) is 40.9. The highest BCUT2D eigenvalue weighted by molar-refractivity contribution is 6.25. The van der Waals surface area contributed by atoms with Gasteiger partial charge in [0, 0.05) is 10.8 Å². The Balaban J connectivity index is 1.38. The molecule has 204 valence electrons. The van der Waals surface area contributed by atoms with Crippen molar-refractivity contribution in [3.63, 3.8) is 0 Å². The van der Waals surface area contributed by atoms with E-state index in [0.717, 1.165) is 49.3 Å². The average Bonchev–Trinajstić information content (AvgIpc) is 3.19. The van der Waals surface area contributed by atoms with E-state index in [9.17, 15) is 19.5 Å². The Labute approximate surface area is 230 Å². The van der Waals surface area contributed by atoms with Crippen LogP contribution in [0.25, 0.3) is 10.8 Å². The number of aliphatic carboxylic acids is 1. The molecule has 1 N–H and O–H groups in total. The van der Waals surface area contributed by atoms with Crippen molar-refractivity contribution in [2.45, 2.75) is 66.2 Å². The lowest BCUT2D eigenvalue weighted by Gasteiger charge is -2.68. The monoisotopic (exact) mass is 525 g/mol. The summed E-state index contributed by atoms with van der Waals surface area (Å²) in [4.78, 5) is 43.1. The first-order valence-electron chi connectivity index (χ1n) is 14.9. The SMILES string of the molecule is CC(C)C1=C[C@@]23CC[C@H]4[C@](C)(CCC[C@@]4(C)C(=O)O)[C@@H]2C[C@H]1[C@@H]1C(=O)N(c2cccc4ccccc24)C(=O)[C@H]13. The van der Waals surface area contributed by atoms with Gasteiger partial charge in [0.25, 0.3) is 0 Å². The molecule has 8 atom stereocenters. The molecule has 6 aliphatic rings. The number of hydrogen-bond donors (Lipinski definition) is 1. The summed E-state index contributed by atoms with van der Waals surface area (Å²) >= 11 is 0. The van der Waals surface area contributed by atoms with Gasteiger partial charge in [0.1, 0.15) is 0 Å². The van der Waals surface area contributed by atoms with Gasteiger partial charge in [-0.2, -0.15) is 0 Å². The predicted molar refractivity (Wildman–Crippen MR) is 151 cm³/mol. The van der Waals surface area contributed by atoms with Crippen molar-refractivity contribution < 1.29 is 19.5 Å². The second kappa shape index (κ2) is 8.05. The topological polar surface area (TPSA) is 74.7 Å². The molecule has 2 aromatic rings. The van der Waals surface area contributed by atoms with Crippen LogP contribution in [0, 0.1) is 51.8 Å². The van der Waals surface area contributed by atoms with E-state index in [0.29, 0.717) is 11.6 Å². The van der Waals surface area contributed by atoms with E-state index in [1.165, 1.54) is 10.5 Å². The molecule has 0 unspecified atom stereocenters. The van der Waals surface area contributed by atoms with Crippen LogP contribution in [0.3, 0.4) is 0 Å². The third-order valence-corrected chi connectivity index (χ3v) is 12.2. The Kier molecular flexibility index (Phi) is 5.17. The summed E-state index contributed by atoms with van der Waals surface area (Å²) in [6, 6.07) is 13.9. The van der Waals surface area contributed by atoms with Crippen molar-refractivity contribution in [3.05, 3.63) is 54.1 Å². The van der Waals surface area contributed by atoms with Crippen LogP contribution in [0.5, 0.6) is 0 Å². The minimum atomic E-state index is -0.736. The molecule has 1 spiro atoms. The molecule has 1 saturated heterocycles. The second-order valence-electron chi connectivity index (χ2n) is 14.0. The molecule has 3 saturated carbocycles. The second-order valence-corrected chi connectivity index (χ2v) is 14.0. The fourth-order valence-electron chi connectivity index (χ4n) is 10.6. The maximum Gasteiger partial charge on any atom is 0.309 e. The van der Waals surface area contributed by atoms with Gasteiger partial charge in [-0.1, -0.05) is 75.2 Å². The van der Waals surface area contributed by atoms with Gasteiger partial charge in [-0.3, -0.25) is 14.4 Å². The Morgan fingerprint density at radius 3 is 2.46 bits per heavy atom. The van der Waals surface area contributed by atoms with Crippen LogP contribution in [0.2, 0.25) is 0 Å². The van der Waals surface area contributed by atoms with Crippen molar-refractivity contribution >= 4 is 34.2 Å². The van der Waals surface area contributed by atoms with Crippen LogP contribution in [-0.4, -0.2) is 22.9 Å². The molecule has 2 aromatic carbocycles. The number of nitrogens with zero attached hydrogens (tertiary/aromatic N) is 1. The first-order chi connectivity index (χ1) is 18.5. The van der Waals surface area contributed by atoms with E-state index >= 15 is 0 Å². The molecule has 1 aliphatic heterocycles. The zero-order chi connectivity index (χ0) is 27.5. The molecule has 1 heterocycles. The fraction of sp³-hybridized carbons (Fsp3) is 0.559. The number of amides is 2. The average molecular weight is 526 g/mol. The van der Waals surface area contributed by atoms with Gasteiger partial charge in [-0.25, -0.2) is 4.90 Å². The Morgan fingerprint density at radius 1 is 0.974 bits per heavy atom. The third-order valence-electron chi connectivity index (χ3n) is 12.2. The molecular formula is C34H39NO4. The van der Waals surface area contributed by atoms with Gasteiger partial charge in [0.2, 0.25) is 11.8 Å². The minimum Gasteiger partial charge on any atom is -0.481 e. The molecule has 2 amide bonds. The van der Waals surface area contributed by atoms with E-state index in [2.05, 4.69) is 26.8 Å². The minimum absolute atomic E-state index is 0.0342. The number of carbonyl (C=O) groups is 3. The van der Waals surface area contributed by atoms with Gasteiger partial charge in [-0.05, 0) is 79.6 Å². The Bertz CT molecular complexity index is 1450. The van der Waals surface area contributed by atoms with Crippen molar-refractivity contribution in [2.24, 2.45) is 51.8 Å². The van der Waals surface area contributed by atoms with Crippen molar-refractivity contribution in [2.75, 3.05) is 4.90 Å². The maximum absolute atomic E-state index is 14.6. The van der Waals surface area contributed by atoms with Gasteiger partial charge in [0.05, 0.1) is 22.9 Å². The largest absolute Gasteiger partial charge is 0.481 e. The molecule has 0 radical (unpaired) electrons. The summed E-state index contributed by atoms with van der Waals surface area (Å²) in [5.74, 6) is -0.828. The van der Waals surface area contributed by atoms with E-state index < -0.39 is 16.8 Å². The first kappa shape index (κ1) is 25.0. The number of carbonyl (C=O) groups excluding carboxylic acids is 2. The summed E-state index contributed by atoms with van der Waals surface area (Å²) in [6.07, 6.45) is 7.53. The number of allylic oxidation sites excluding steroid dienone is 2. The Hall–Kier alpha value is -2.95. The molecular weight excluding hydrogens is 486 g/mol. The van der Waals surface area contributed by atoms with E-state index in [1.807, 2.05) is 49.4 Å². The van der Waals surface area contributed by atoms with Crippen LogP contribution >= 0.6 is 0 Å². The number of rotatable bonds is 3. The highest BCUT2D eigenvalue weighted by atomic mass is 16.4. The van der Waals surface area contributed by atoms with E-state index in [1.54, 1.807) is 0 Å². The zero-order valence-electron chi connectivity index (χ0n) is 23.4. The lowest BCUT2D eigenvalue weighted by Crippen LogP contribution is -2.65. The Morgan fingerprint density at radius 2 is 1.72 bits per heavy atom. The smallest absolute Gasteiger partial charge is 0.309 e. The number of hydrogen-bond acceptors (Lipinski definition) is 3. The van der Waals surface area contributed by atoms with Crippen LogP contribution in [-0.2, 0) is 14.4 Å². The summed E-state index contributed by atoms with van der Waals surface area (Å²) < 4.78 is 0. The van der Waals surface area contributed by atoms with Crippen molar-refractivity contribution in [3.8, 4) is 0 Å². The third kappa shape index (κ3) is 3.00. The molecule has 5 heteroatoms. The first-order valence-corrected chi connectivity index (χ1v) is 14.9. The van der Waals surface area contributed by atoms with Crippen molar-refractivity contribution in [1.82, 2.24) is 0 Å². The molecule has 4 fully saturated rings. The molecule has 5 aliphatic carbocycles. The molecule has 2 bridgehead atoms. The summed E-state index contributed by atoms with van der Waals surface area (Å²) in [5, 5.41) is 12.3. The standard InChI is InChI=1S/C34H39NO4/c1-19(2)23-18-34-16-13-25-32(3,14-8-15-33(25,4)31(38)39)26(34)17-22(23)27-28(34)30(37)35(29(27)36)24-12-7-10-20-9-5-6-11-21(20)24/h5-7,9-12,18-19,22,25-28H,8,13-17H2,1-4H3,(H,38,39)/t22-,25+,26+,27+,28+,32+,33-,34+/m1/s1. The number of carboxylic acids is 1. The van der Waals surface area contributed by atoms with Gasteiger partial charge in [-0.15, -0.1) is 0 Å². The fourth-order valence-corrected chi connectivity index (χ4v) is 10.6. The van der Waals surface area contributed by atoms with Crippen LogP contribution < -0.4 is 4.90 Å². The van der Waals surface area contributed by atoms with Crippen LogP contribution in [0.15, 0.2) is 54.1 Å². The zero-order valence-corrected chi connectivity index (χ0v) is 23.4. The number of anilines is 1. The van der Waals surface area contributed by atoms with Crippen LogP contribution in [0.4, 0.5) is 5.69 Å². The van der Waals surface area contributed by atoms with Gasteiger partial charge in [0.15, 0.2) is 0 Å². The maximum atomic E-state index is 14.6. The number of benzene rings is 2. The van der Waals surface area contributed by atoms with E-state index in [4.69, 9.17) is 0 Å². The molecule has 8 rings (SSSR count). The number of imide groups is 1. The highest BCUT2D eigenvalue weighted by Gasteiger charge is 2.73. The lowest BCUT2D eigenvalue weighted by molar-refractivity contribution is -0.194. The van der Waals surface area contributed by atoms with Crippen molar-refractivity contribution in [1.29, 1.82) is 0 Å². The predicted octanol–water partition coefficient (Wildman–Crippen LogP) is 6.86.